The van der Waals surface area contributed by atoms with Gasteiger partial charge < -0.3 is 14.0 Å². The highest BCUT2D eigenvalue weighted by Gasteiger charge is 2.49. The summed E-state index contributed by atoms with van der Waals surface area (Å²) < 4.78 is 48.7. The molecule has 0 N–H and O–H groups in total. The van der Waals surface area contributed by atoms with Gasteiger partial charge in [-0.3, -0.25) is 14.7 Å². The number of unbranched alkanes of at least 4 members (excludes halogenated alkanes) is 1. The van der Waals surface area contributed by atoms with E-state index in [1.807, 2.05) is 49.9 Å². The highest BCUT2D eigenvalue weighted by atomic mass is 32.2. The van der Waals surface area contributed by atoms with E-state index in [0.717, 1.165) is 73.5 Å². The van der Waals surface area contributed by atoms with Crippen molar-refractivity contribution in [2.75, 3.05) is 17.6 Å². The minimum Gasteiger partial charge on any atom is -0.371 e. The molecular formula is C40H58N4O6SSi. The lowest BCUT2D eigenvalue weighted by atomic mass is 9.96. The first-order chi connectivity index (χ1) is 24.5. The number of amides is 1. The Hall–Kier alpha value is -3.32. The molecule has 0 saturated heterocycles. The second-order valence-corrected chi connectivity index (χ2v) is 24.0. The van der Waals surface area contributed by atoms with Gasteiger partial charge in [0.15, 0.2) is 0 Å². The van der Waals surface area contributed by atoms with Crippen LogP contribution in [0.4, 0.5) is 5.88 Å². The first-order valence-electron chi connectivity index (χ1n) is 18.7. The summed E-state index contributed by atoms with van der Waals surface area (Å²) in [6, 6.07) is 13.9. The molecule has 1 saturated carbocycles. The highest BCUT2D eigenvalue weighted by Crippen LogP contribution is 2.41. The van der Waals surface area contributed by atoms with Gasteiger partial charge in [-0.2, -0.15) is 0 Å². The standard InChI is InChI=1S/C40H58N4O6SSi/c1-10-11-18-36-41-40(21-14-15-22-40)38(45)43(36)26-31-19-20-33(32(25-31)27-49-39(4,5)6)34-16-12-13-17-35(34)51(46,47)44(28-48-23-24-52(7,8)9)37-29(2)30(3)42-50-37/h12-13,16-17,19-20,25H,10-11,14-15,18,21-24,26-28H2,1-9H3. The third-order valence-corrected chi connectivity index (χ3v) is 13.4. The number of hydrogen-bond donors (Lipinski definition) is 0. The molecule has 12 heteroatoms. The fourth-order valence-electron chi connectivity index (χ4n) is 6.73. The smallest absolute Gasteiger partial charge is 0.269 e. The largest absolute Gasteiger partial charge is 0.371 e. The minimum absolute atomic E-state index is 0.106. The number of ether oxygens (including phenoxy) is 2. The molecule has 0 atom stereocenters. The molecule has 1 spiro atoms. The van der Waals surface area contributed by atoms with Gasteiger partial charge in [-0.25, -0.2) is 12.7 Å². The van der Waals surface area contributed by atoms with Crippen LogP contribution >= 0.6 is 0 Å². The number of benzene rings is 2. The normalized spacial score (nSPS) is 16.3. The number of aromatic nitrogens is 1. The van der Waals surface area contributed by atoms with Crippen molar-refractivity contribution in [2.24, 2.45) is 4.99 Å². The fourth-order valence-corrected chi connectivity index (χ4v) is 9.04. The van der Waals surface area contributed by atoms with Crippen molar-refractivity contribution in [3.63, 3.8) is 0 Å². The Bertz CT molecular complexity index is 1870. The average Bonchev–Trinajstić information content (AvgIpc) is 3.76. The van der Waals surface area contributed by atoms with E-state index in [4.69, 9.17) is 19.0 Å². The number of nitrogens with zero attached hydrogens (tertiary/aromatic N) is 4. The molecule has 1 aliphatic heterocycles. The molecule has 2 aromatic carbocycles. The van der Waals surface area contributed by atoms with Crippen LogP contribution in [0, 0.1) is 13.8 Å². The van der Waals surface area contributed by atoms with E-state index in [1.165, 1.54) is 4.31 Å². The number of carbonyl (C=O) groups is 1. The van der Waals surface area contributed by atoms with Gasteiger partial charge in [-0.05, 0) is 82.7 Å². The van der Waals surface area contributed by atoms with Crippen molar-refractivity contribution in [3.05, 3.63) is 64.8 Å². The Morgan fingerprint density at radius 1 is 1.04 bits per heavy atom. The highest BCUT2D eigenvalue weighted by molar-refractivity contribution is 7.93. The maximum Gasteiger partial charge on any atom is 0.269 e. The summed E-state index contributed by atoms with van der Waals surface area (Å²) in [5.41, 5.74) is 3.23. The van der Waals surface area contributed by atoms with Crippen LogP contribution in [0.2, 0.25) is 25.7 Å². The molecule has 1 fully saturated rings. The molecule has 1 amide bonds. The summed E-state index contributed by atoms with van der Waals surface area (Å²) in [6.45, 7) is 19.4. The van der Waals surface area contributed by atoms with Crippen LogP contribution in [0.25, 0.3) is 11.1 Å². The van der Waals surface area contributed by atoms with E-state index in [9.17, 15) is 13.2 Å². The lowest BCUT2D eigenvalue weighted by molar-refractivity contribution is -0.131. The van der Waals surface area contributed by atoms with Crippen molar-refractivity contribution in [1.29, 1.82) is 0 Å². The Balaban J connectivity index is 1.54. The maximum absolute atomic E-state index is 14.8. The predicted molar refractivity (Wildman–Crippen MR) is 210 cm³/mol. The average molecular weight is 751 g/mol. The quantitative estimate of drug-likeness (QED) is 0.0816. The van der Waals surface area contributed by atoms with Gasteiger partial charge in [-0.15, -0.1) is 0 Å². The lowest BCUT2D eigenvalue weighted by Crippen LogP contribution is -2.40. The van der Waals surface area contributed by atoms with Crippen molar-refractivity contribution in [1.82, 2.24) is 10.1 Å². The van der Waals surface area contributed by atoms with Gasteiger partial charge in [0.25, 0.3) is 15.9 Å². The van der Waals surface area contributed by atoms with Crippen LogP contribution in [0.15, 0.2) is 56.9 Å². The van der Waals surface area contributed by atoms with Crippen LogP contribution in [-0.2, 0) is 37.4 Å². The minimum atomic E-state index is -4.21. The third kappa shape index (κ3) is 9.06. The third-order valence-electron chi connectivity index (χ3n) is 9.96. The summed E-state index contributed by atoms with van der Waals surface area (Å²) in [4.78, 5) is 21.0. The molecule has 2 aliphatic rings. The molecule has 52 heavy (non-hydrogen) atoms. The van der Waals surface area contributed by atoms with Gasteiger partial charge in [0.1, 0.15) is 18.1 Å². The molecular weight excluding hydrogens is 693 g/mol. The van der Waals surface area contributed by atoms with E-state index in [0.29, 0.717) is 30.0 Å². The topological polar surface area (TPSA) is 115 Å². The van der Waals surface area contributed by atoms with Crippen molar-refractivity contribution >= 4 is 35.7 Å². The number of rotatable bonds is 16. The summed E-state index contributed by atoms with van der Waals surface area (Å²) in [5, 5.41) is 4.07. The van der Waals surface area contributed by atoms with E-state index in [2.05, 4.69) is 37.8 Å². The monoisotopic (exact) mass is 750 g/mol. The summed E-state index contributed by atoms with van der Waals surface area (Å²) in [7, 11) is -5.62. The number of sulfonamides is 1. The second-order valence-electron chi connectivity index (χ2n) is 16.5. The molecule has 3 aromatic rings. The number of carbonyl (C=O) groups excluding carboxylic acids is 1. The van der Waals surface area contributed by atoms with Crippen LogP contribution in [0.3, 0.4) is 0 Å². The van der Waals surface area contributed by atoms with Gasteiger partial charge in [0.2, 0.25) is 5.88 Å². The number of amidine groups is 1. The first-order valence-corrected chi connectivity index (χ1v) is 23.9. The van der Waals surface area contributed by atoms with Crippen molar-refractivity contribution < 1.29 is 27.2 Å². The Morgan fingerprint density at radius 3 is 2.38 bits per heavy atom. The van der Waals surface area contributed by atoms with Gasteiger partial charge in [-0.1, -0.05) is 87.4 Å². The zero-order valence-electron chi connectivity index (χ0n) is 32.7. The molecule has 0 radical (unpaired) electrons. The van der Waals surface area contributed by atoms with E-state index in [-0.39, 0.29) is 30.0 Å². The SMILES string of the molecule is CCCCC1=NC2(CCCC2)C(=O)N1Cc1ccc(-c2ccccc2S(=O)(=O)N(COCC[Si](C)(C)C)c2onc(C)c2C)c(COC(C)(C)C)c1. The fraction of sp³-hybridized carbons (Fsp3) is 0.575. The molecule has 5 rings (SSSR count). The molecule has 2 heterocycles. The zero-order chi connectivity index (χ0) is 37.9. The maximum atomic E-state index is 14.8. The van der Waals surface area contributed by atoms with E-state index in [1.54, 1.807) is 26.0 Å². The summed E-state index contributed by atoms with van der Waals surface area (Å²) in [6.07, 6.45) is 6.43. The summed E-state index contributed by atoms with van der Waals surface area (Å²) >= 11 is 0. The Kier molecular flexibility index (Phi) is 12.2. The number of anilines is 1. The van der Waals surface area contributed by atoms with Crippen LogP contribution in [0.1, 0.15) is 95.0 Å². The van der Waals surface area contributed by atoms with Crippen LogP contribution in [-0.4, -0.2) is 62.8 Å². The van der Waals surface area contributed by atoms with E-state index < -0.39 is 29.2 Å². The molecule has 1 aromatic heterocycles. The first kappa shape index (κ1) is 39.9. The van der Waals surface area contributed by atoms with E-state index >= 15 is 0 Å². The van der Waals surface area contributed by atoms with Gasteiger partial charge in [0, 0.05) is 32.2 Å². The Labute approximate surface area is 312 Å². The van der Waals surface area contributed by atoms with Gasteiger partial charge >= 0.3 is 0 Å². The van der Waals surface area contributed by atoms with Crippen LogP contribution in [0.5, 0.6) is 0 Å². The predicted octanol–water partition coefficient (Wildman–Crippen LogP) is 9.02. The lowest BCUT2D eigenvalue weighted by Gasteiger charge is -2.26. The molecule has 10 nitrogen and oxygen atoms in total. The molecule has 1 aliphatic carbocycles. The second kappa shape index (κ2) is 16.0. The summed E-state index contributed by atoms with van der Waals surface area (Å²) in [5.74, 6) is 1.13. The zero-order valence-corrected chi connectivity index (χ0v) is 34.5. The van der Waals surface area contributed by atoms with Gasteiger partial charge in [0.05, 0.1) is 29.3 Å². The van der Waals surface area contributed by atoms with Crippen molar-refractivity contribution in [3.8, 4) is 11.1 Å². The van der Waals surface area contributed by atoms with Crippen molar-refractivity contribution in [2.45, 2.75) is 141 Å². The van der Waals surface area contributed by atoms with Crippen LogP contribution < -0.4 is 4.31 Å². The number of aryl methyl sites for hydroxylation is 1. The number of aliphatic imine (C=N–C) groups is 1. The molecule has 284 valence electrons. The Morgan fingerprint density at radius 2 is 1.75 bits per heavy atom. The number of hydrogen-bond acceptors (Lipinski definition) is 8. The molecule has 0 bridgehead atoms. The molecule has 0 unspecified atom stereocenters.